The predicted molar refractivity (Wildman–Crippen MR) is 90.8 cm³/mol. The SMILES string of the molecule is Cc1n[nH]c(C)c1S(=O)(=O)N[C@H](C(=O)NC(C)C)c1ccccc1. The minimum atomic E-state index is -3.91. The largest absolute Gasteiger partial charge is 0.352 e. The molecule has 2 rings (SSSR count). The molecule has 1 amide bonds. The van der Waals surface area contributed by atoms with Crippen LogP contribution in [0.2, 0.25) is 0 Å². The number of rotatable bonds is 6. The highest BCUT2D eigenvalue weighted by Crippen LogP contribution is 2.21. The molecule has 8 heteroatoms. The van der Waals surface area contributed by atoms with Gasteiger partial charge in [0.15, 0.2) is 0 Å². The molecule has 0 bridgehead atoms. The quantitative estimate of drug-likeness (QED) is 0.735. The van der Waals surface area contributed by atoms with Gasteiger partial charge in [0.2, 0.25) is 15.9 Å². The minimum absolute atomic E-state index is 0.0702. The van der Waals surface area contributed by atoms with Gasteiger partial charge in [0, 0.05) is 6.04 Å². The molecule has 3 N–H and O–H groups in total. The average Bonchev–Trinajstić information content (AvgIpc) is 2.84. The van der Waals surface area contributed by atoms with Crippen LogP contribution >= 0.6 is 0 Å². The molecule has 0 spiro atoms. The topological polar surface area (TPSA) is 104 Å². The fourth-order valence-electron chi connectivity index (χ4n) is 2.44. The molecule has 0 aliphatic carbocycles. The molecule has 0 saturated heterocycles. The lowest BCUT2D eigenvalue weighted by Crippen LogP contribution is -2.42. The van der Waals surface area contributed by atoms with Crippen LogP contribution in [-0.2, 0) is 14.8 Å². The number of aromatic nitrogens is 2. The first-order valence-electron chi connectivity index (χ1n) is 7.61. The van der Waals surface area contributed by atoms with Crippen LogP contribution in [0.1, 0.15) is 36.8 Å². The summed E-state index contributed by atoms with van der Waals surface area (Å²) in [4.78, 5) is 12.6. The van der Waals surface area contributed by atoms with E-state index >= 15 is 0 Å². The number of H-pyrrole nitrogens is 1. The lowest BCUT2D eigenvalue weighted by molar-refractivity contribution is -0.123. The molecule has 0 aliphatic heterocycles. The Balaban J connectivity index is 2.40. The average molecular weight is 350 g/mol. The van der Waals surface area contributed by atoms with Crippen LogP contribution in [0, 0.1) is 13.8 Å². The van der Waals surface area contributed by atoms with Gasteiger partial charge in [-0.2, -0.15) is 9.82 Å². The molecule has 0 saturated carbocycles. The number of aryl methyl sites for hydroxylation is 2. The number of benzene rings is 1. The summed E-state index contributed by atoms with van der Waals surface area (Å²) in [7, 11) is -3.91. The van der Waals surface area contributed by atoms with Crippen molar-refractivity contribution in [2.24, 2.45) is 0 Å². The van der Waals surface area contributed by atoms with Crippen molar-refractivity contribution >= 4 is 15.9 Å². The molecule has 1 heterocycles. The Morgan fingerprint density at radius 1 is 1.17 bits per heavy atom. The van der Waals surface area contributed by atoms with Gasteiger partial charge in [-0.25, -0.2) is 8.42 Å². The van der Waals surface area contributed by atoms with E-state index in [1.807, 2.05) is 13.8 Å². The van der Waals surface area contributed by atoms with Crippen molar-refractivity contribution in [3.05, 3.63) is 47.3 Å². The summed E-state index contributed by atoms with van der Waals surface area (Å²) in [6.07, 6.45) is 0. The molecule has 0 aliphatic rings. The lowest BCUT2D eigenvalue weighted by atomic mass is 10.1. The van der Waals surface area contributed by atoms with Crippen molar-refractivity contribution in [3.8, 4) is 0 Å². The number of aromatic amines is 1. The maximum absolute atomic E-state index is 12.8. The molecule has 0 fully saturated rings. The second-order valence-corrected chi connectivity index (χ2v) is 7.54. The van der Waals surface area contributed by atoms with E-state index < -0.39 is 22.0 Å². The highest BCUT2D eigenvalue weighted by atomic mass is 32.2. The molecule has 7 nitrogen and oxygen atoms in total. The van der Waals surface area contributed by atoms with Gasteiger partial charge in [0.25, 0.3) is 0 Å². The summed E-state index contributed by atoms with van der Waals surface area (Å²) in [5.74, 6) is -0.404. The van der Waals surface area contributed by atoms with Crippen LogP contribution in [0.15, 0.2) is 35.2 Å². The molecule has 0 radical (unpaired) electrons. The molecule has 0 unspecified atom stereocenters. The first-order valence-corrected chi connectivity index (χ1v) is 9.10. The summed E-state index contributed by atoms with van der Waals surface area (Å²) < 4.78 is 28.0. The van der Waals surface area contributed by atoms with Crippen molar-refractivity contribution in [2.45, 2.75) is 44.7 Å². The van der Waals surface area contributed by atoms with Crippen molar-refractivity contribution < 1.29 is 13.2 Å². The summed E-state index contributed by atoms with van der Waals surface area (Å²) in [6, 6.07) is 7.61. The Labute approximate surface area is 141 Å². The zero-order valence-corrected chi connectivity index (χ0v) is 14.9. The van der Waals surface area contributed by atoms with Gasteiger partial charge >= 0.3 is 0 Å². The first kappa shape index (κ1) is 18.2. The molecular weight excluding hydrogens is 328 g/mol. The summed E-state index contributed by atoms with van der Waals surface area (Å²) in [5.41, 5.74) is 1.35. The van der Waals surface area contributed by atoms with Crippen molar-refractivity contribution in [2.75, 3.05) is 0 Å². The highest BCUT2D eigenvalue weighted by Gasteiger charge is 2.30. The van der Waals surface area contributed by atoms with E-state index in [-0.39, 0.29) is 10.9 Å². The Kier molecular flexibility index (Phi) is 5.40. The van der Waals surface area contributed by atoms with Gasteiger partial charge in [-0.15, -0.1) is 0 Å². The summed E-state index contributed by atoms with van der Waals surface area (Å²) in [5, 5.41) is 9.31. The Morgan fingerprint density at radius 3 is 2.29 bits per heavy atom. The van der Waals surface area contributed by atoms with E-state index in [9.17, 15) is 13.2 Å². The number of hydrogen-bond donors (Lipinski definition) is 3. The maximum atomic E-state index is 12.8. The smallest absolute Gasteiger partial charge is 0.245 e. The van der Waals surface area contributed by atoms with Crippen LogP contribution < -0.4 is 10.0 Å². The van der Waals surface area contributed by atoms with Crippen molar-refractivity contribution in [1.29, 1.82) is 0 Å². The monoisotopic (exact) mass is 350 g/mol. The molecule has 1 atom stereocenters. The third-order valence-electron chi connectivity index (χ3n) is 3.43. The molecule has 24 heavy (non-hydrogen) atoms. The van der Waals surface area contributed by atoms with Crippen LogP contribution in [0.5, 0.6) is 0 Å². The van der Waals surface area contributed by atoms with E-state index in [4.69, 9.17) is 0 Å². The third-order valence-corrected chi connectivity index (χ3v) is 5.11. The standard InChI is InChI=1S/C16H22N4O3S/c1-10(2)17-16(21)14(13-8-6-5-7-9-13)20-24(22,23)15-11(3)18-19-12(15)4/h5-10,14,20H,1-4H3,(H,17,21)(H,18,19)/t14-/m0/s1. The van der Waals surface area contributed by atoms with Gasteiger partial charge in [0.05, 0.1) is 11.4 Å². The second kappa shape index (κ2) is 7.14. The van der Waals surface area contributed by atoms with Gasteiger partial charge in [-0.1, -0.05) is 30.3 Å². The molecule has 1 aromatic heterocycles. The molecular formula is C16H22N4O3S. The van der Waals surface area contributed by atoms with Crippen molar-refractivity contribution in [1.82, 2.24) is 20.2 Å². The third kappa shape index (κ3) is 4.01. The fraction of sp³-hybridized carbons (Fsp3) is 0.375. The number of nitrogens with one attached hydrogen (secondary N) is 3. The van der Waals surface area contributed by atoms with Gasteiger partial charge in [0.1, 0.15) is 10.9 Å². The second-order valence-electron chi connectivity index (χ2n) is 5.89. The number of nitrogens with zero attached hydrogens (tertiary/aromatic N) is 1. The van der Waals surface area contributed by atoms with Crippen LogP contribution in [0.4, 0.5) is 0 Å². The zero-order valence-electron chi connectivity index (χ0n) is 14.1. The molecule has 130 valence electrons. The van der Waals surface area contributed by atoms with Crippen LogP contribution in [-0.4, -0.2) is 30.6 Å². The predicted octanol–water partition coefficient (Wildman–Crippen LogP) is 1.57. The van der Waals surface area contributed by atoms with Gasteiger partial charge < -0.3 is 5.32 Å². The van der Waals surface area contributed by atoms with Crippen molar-refractivity contribution in [3.63, 3.8) is 0 Å². The lowest BCUT2D eigenvalue weighted by Gasteiger charge is -2.20. The van der Waals surface area contributed by atoms with E-state index in [1.54, 1.807) is 44.2 Å². The number of hydrogen-bond acceptors (Lipinski definition) is 4. The summed E-state index contributed by atoms with van der Waals surface area (Å²) >= 11 is 0. The summed E-state index contributed by atoms with van der Waals surface area (Å²) in [6.45, 7) is 6.86. The first-order chi connectivity index (χ1) is 11.2. The van der Waals surface area contributed by atoms with Gasteiger partial charge in [-0.3, -0.25) is 9.89 Å². The van der Waals surface area contributed by atoms with E-state index in [0.29, 0.717) is 17.0 Å². The normalized spacial score (nSPS) is 13.0. The minimum Gasteiger partial charge on any atom is -0.352 e. The molecule has 1 aromatic carbocycles. The van der Waals surface area contributed by atoms with E-state index in [0.717, 1.165) is 0 Å². The fourth-order valence-corrected chi connectivity index (χ4v) is 3.99. The highest BCUT2D eigenvalue weighted by molar-refractivity contribution is 7.89. The zero-order chi connectivity index (χ0) is 17.9. The van der Waals surface area contributed by atoms with E-state index in [2.05, 4.69) is 20.2 Å². The number of sulfonamides is 1. The Bertz CT molecular complexity index is 794. The maximum Gasteiger partial charge on any atom is 0.245 e. The van der Waals surface area contributed by atoms with E-state index in [1.165, 1.54) is 0 Å². The number of carbonyl (C=O) groups is 1. The number of carbonyl (C=O) groups excluding carboxylic acids is 1. The number of amides is 1. The van der Waals surface area contributed by atoms with Gasteiger partial charge in [-0.05, 0) is 33.3 Å². The Morgan fingerprint density at radius 2 is 1.79 bits per heavy atom. The molecule has 2 aromatic rings. The van der Waals surface area contributed by atoms with Crippen LogP contribution in [0.25, 0.3) is 0 Å². The Hall–Kier alpha value is -2.19. The van der Waals surface area contributed by atoms with Crippen LogP contribution in [0.3, 0.4) is 0 Å².